The van der Waals surface area contributed by atoms with Crippen molar-refractivity contribution in [3.63, 3.8) is 0 Å². The maximum absolute atomic E-state index is 13.5. The largest absolute Gasteiger partial charge is 0.402 e. The third-order valence-electron chi connectivity index (χ3n) is 13.1. The predicted octanol–water partition coefficient (Wildman–Crippen LogP) is 7.19. The van der Waals surface area contributed by atoms with Gasteiger partial charge in [-0.05, 0) is 106 Å². The number of carbonyl (C=O) groups excluding carboxylic acids is 3. The molecule has 4 aromatic heterocycles. The molecule has 344 valence electrons. The summed E-state index contributed by atoms with van der Waals surface area (Å²) in [4.78, 5) is 66.8. The van der Waals surface area contributed by atoms with Gasteiger partial charge >= 0.3 is 12.2 Å². The second-order valence-corrected chi connectivity index (χ2v) is 17.9. The van der Waals surface area contributed by atoms with Gasteiger partial charge in [0.2, 0.25) is 11.8 Å². The number of nitrogens with zero attached hydrogens (tertiary/aromatic N) is 9. The highest BCUT2D eigenvalue weighted by Gasteiger charge is 2.53. The fourth-order valence-corrected chi connectivity index (χ4v) is 8.95. The van der Waals surface area contributed by atoms with E-state index in [4.69, 9.17) is 9.51 Å². The molecule has 6 aromatic rings. The van der Waals surface area contributed by atoms with E-state index in [0.29, 0.717) is 24.5 Å². The molecule has 0 radical (unpaired) electrons. The number of anilines is 3. The number of halogens is 3. The first kappa shape index (κ1) is 44.3. The minimum atomic E-state index is -4.64. The summed E-state index contributed by atoms with van der Waals surface area (Å²) in [6, 6.07) is 19.1. The molecule has 0 saturated carbocycles. The van der Waals surface area contributed by atoms with Gasteiger partial charge in [0.25, 0.3) is 11.7 Å². The van der Waals surface area contributed by atoms with E-state index < -0.39 is 35.3 Å². The number of urea groups is 1. The van der Waals surface area contributed by atoms with E-state index in [1.54, 1.807) is 11.8 Å². The molecular formula is C47H51F3N12O4. The molecule has 19 heteroatoms. The summed E-state index contributed by atoms with van der Waals surface area (Å²) in [5, 5.41) is 9.48. The van der Waals surface area contributed by atoms with Crippen LogP contribution in [0.25, 0.3) is 33.5 Å². The van der Waals surface area contributed by atoms with Crippen LogP contribution in [0.1, 0.15) is 73.7 Å². The number of rotatable bonds is 11. The maximum Gasteiger partial charge on any atom is 0.402 e. The van der Waals surface area contributed by atoms with Crippen molar-refractivity contribution in [2.75, 3.05) is 67.1 Å². The number of imide groups is 1. The Morgan fingerprint density at radius 2 is 1.61 bits per heavy atom. The van der Waals surface area contributed by atoms with E-state index in [1.807, 2.05) is 49.5 Å². The fraction of sp³-hybridized carbons (Fsp3) is 0.404. The quantitative estimate of drug-likeness (QED) is 0.119. The number of amides is 4. The van der Waals surface area contributed by atoms with Crippen LogP contribution in [0.3, 0.4) is 0 Å². The first-order chi connectivity index (χ1) is 31.6. The first-order valence-corrected chi connectivity index (χ1v) is 22.2. The summed E-state index contributed by atoms with van der Waals surface area (Å²) in [6.07, 6.45) is 1.32. The van der Waals surface area contributed by atoms with Gasteiger partial charge in [0.1, 0.15) is 23.2 Å². The van der Waals surface area contributed by atoms with Gasteiger partial charge in [0.15, 0.2) is 0 Å². The van der Waals surface area contributed by atoms with Crippen LogP contribution in [0, 0.1) is 12.8 Å². The first-order valence-electron chi connectivity index (χ1n) is 22.2. The van der Waals surface area contributed by atoms with Crippen LogP contribution in [0.5, 0.6) is 0 Å². The van der Waals surface area contributed by atoms with Crippen LogP contribution in [0.2, 0.25) is 0 Å². The second kappa shape index (κ2) is 17.8. The zero-order chi connectivity index (χ0) is 46.3. The van der Waals surface area contributed by atoms with Crippen LogP contribution < -0.4 is 25.3 Å². The summed E-state index contributed by atoms with van der Waals surface area (Å²) in [7, 11) is 0. The van der Waals surface area contributed by atoms with Gasteiger partial charge in [0, 0.05) is 98.6 Å². The monoisotopic (exact) mass is 904 g/mol. The van der Waals surface area contributed by atoms with E-state index >= 15 is 0 Å². The average molecular weight is 905 g/mol. The lowest BCUT2D eigenvalue weighted by molar-refractivity contribution is -0.186. The molecule has 0 aliphatic carbocycles. The van der Waals surface area contributed by atoms with E-state index in [2.05, 4.69) is 74.7 Å². The Bertz CT molecular complexity index is 2740. The number of nitrogens with one attached hydrogen (secondary N) is 3. The highest BCUT2D eigenvalue weighted by Crippen LogP contribution is 2.40. The highest BCUT2D eigenvalue weighted by molar-refractivity contribution is 6.05. The van der Waals surface area contributed by atoms with Gasteiger partial charge < -0.3 is 24.6 Å². The summed E-state index contributed by atoms with van der Waals surface area (Å²) in [6.45, 7) is 12.7. The molecule has 0 spiro atoms. The third-order valence-corrected chi connectivity index (χ3v) is 13.1. The zero-order valence-electron chi connectivity index (χ0n) is 37.2. The molecule has 0 unspecified atom stereocenters. The molecule has 3 fully saturated rings. The Morgan fingerprint density at radius 3 is 2.29 bits per heavy atom. The second-order valence-electron chi connectivity index (χ2n) is 17.9. The Balaban J connectivity index is 0.769. The van der Waals surface area contributed by atoms with E-state index in [-0.39, 0.29) is 11.9 Å². The smallest absolute Gasteiger partial charge is 0.372 e. The number of aryl methyl sites for hydroxylation is 1. The molecule has 0 bridgehead atoms. The number of pyridine rings is 1. The van der Waals surface area contributed by atoms with Crippen molar-refractivity contribution < 1.29 is 32.1 Å². The third kappa shape index (κ3) is 9.03. The highest BCUT2D eigenvalue weighted by atomic mass is 19.4. The van der Waals surface area contributed by atoms with E-state index in [9.17, 15) is 27.6 Å². The molecule has 1 atom stereocenters. The number of carbonyl (C=O) groups is 3. The number of hydrogen-bond donors (Lipinski definition) is 3. The number of hydrogen-bond acceptors (Lipinski definition) is 12. The van der Waals surface area contributed by atoms with Crippen molar-refractivity contribution in [3.05, 3.63) is 96.0 Å². The summed E-state index contributed by atoms with van der Waals surface area (Å²) in [5.74, 6) is -0.572. The van der Waals surface area contributed by atoms with Crippen molar-refractivity contribution in [3.8, 4) is 22.5 Å². The van der Waals surface area contributed by atoms with Crippen molar-refractivity contribution in [2.24, 2.45) is 5.92 Å². The number of H-pyrrole nitrogens is 1. The number of alkyl halides is 3. The van der Waals surface area contributed by atoms with E-state index in [0.717, 1.165) is 129 Å². The minimum absolute atomic E-state index is 0.233. The maximum atomic E-state index is 13.5. The Morgan fingerprint density at radius 1 is 0.879 bits per heavy atom. The van der Waals surface area contributed by atoms with Crippen LogP contribution in [0.4, 0.5) is 35.2 Å². The number of fused-ring (bicyclic) bond motifs is 1. The Labute approximate surface area is 379 Å². The molecule has 2 aromatic carbocycles. The number of aromatic amines is 1. The zero-order valence-corrected chi connectivity index (χ0v) is 37.2. The topological polar surface area (TPSA) is 182 Å². The molecule has 3 N–H and O–H groups in total. The van der Waals surface area contributed by atoms with Crippen molar-refractivity contribution in [1.82, 2.24) is 45.6 Å². The fourth-order valence-electron chi connectivity index (χ4n) is 8.95. The molecule has 9 rings (SSSR count). The van der Waals surface area contributed by atoms with E-state index in [1.165, 1.54) is 6.33 Å². The van der Waals surface area contributed by atoms with Crippen LogP contribution in [-0.2, 0) is 10.2 Å². The molecule has 66 heavy (non-hydrogen) atoms. The SMILES string of the molecule is Cc1cc(-c2ncnc3[nH]c(-c4ccc(N5CCN(CC6CCN(c7ccc(N8CCC(=O)NC8=O)cc7)CC6)CC5)nc4)cc23)ccc1[C@@H](C)NC(=O)c1noc(C(C)(C)C(F)(F)F)n1. The van der Waals surface area contributed by atoms with Crippen molar-refractivity contribution in [1.29, 1.82) is 0 Å². The average Bonchev–Trinajstić information content (AvgIpc) is 3.99. The minimum Gasteiger partial charge on any atom is -0.372 e. The standard InChI is InChI=1S/C47H51F3N12O4/c1-28-23-31(5-11-35(28)29(2)54-43(64)42-57-44(66-58-42)46(3,4)47(48,49)50)40-36-24-37(55-41(36)53-27-52-40)32-6-12-38(51-25-32)61-21-19-59(20-22-61)26-30-13-16-60(17-14-30)33-7-9-34(10-8-33)62-18-15-39(63)56-45(62)65/h5-12,23-25,27,29-30H,13-22,26H2,1-4H3,(H,54,64)(H,52,53,55)(H,56,63,65)/t29-/m1/s1. The van der Waals surface area contributed by atoms with Crippen molar-refractivity contribution >= 4 is 46.1 Å². The Kier molecular flexibility index (Phi) is 12.0. The lowest BCUT2D eigenvalue weighted by Crippen LogP contribution is -2.49. The molecule has 4 amide bonds. The molecule has 3 aliphatic rings. The number of benzene rings is 2. The molecule has 3 aliphatic heterocycles. The number of piperidine rings is 1. The Hall–Kier alpha value is -6.89. The number of aromatic nitrogens is 6. The van der Waals surface area contributed by atoms with Crippen LogP contribution in [0.15, 0.2) is 77.7 Å². The van der Waals surface area contributed by atoms with Gasteiger partial charge in [-0.3, -0.25) is 24.7 Å². The van der Waals surface area contributed by atoms with Gasteiger partial charge in [-0.2, -0.15) is 18.2 Å². The lowest BCUT2D eigenvalue weighted by atomic mass is 9.93. The molecule has 7 heterocycles. The van der Waals surface area contributed by atoms with Crippen LogP contribution >= 0.6 is 0 Å². The van der Waals surface area contributed by atoms with Gasteiger partial charge in [-0.1, -0.05) is 17.3 Å². The van der Waals surface area contributed by atoms with Gasteiger partial charge in [0.05, 0.1) is 11.7 Å². The molecular weight excluding hydrogens is 854 g/mol. The van der Waals surface area contributed by atoms with Crippen LogP contribution in [-0.4, -0.2) is 111 Å². The summed E-state index contributed by atoms with van der Waals surface area (Å²) < 4.78 is 45.3. The van der Waals surface area contributed by atoms with Gasteiger partial charge in [-0.15, -0.1) is 0 Å². The summed E-state index contributed by atoms with van der Waals surface area (Å²) >= 11 is 0. The number of piperazine rings is 1. The normalized spacial score (nSPS) is 17.3. The van der Waals surface area contributed by atoms with Gasteiger partial charge in [-0.25, -0.2) is 19.7 Å². The predicted molar refractivity (Wildman–Crippen MR) is 242 cm³/mol. The lowest BCUT2D eigenvalue weighted by Gasteiger charge is -2.39. The summed E-state index contributed by atoms with van der Waals surface area (Å²) in [5.41, 5.74) is 5.23. The molecule has 16 nitrogen and oxygen atoms in total. The van der Waals surface area contributed by atoms with Crippen molar-refractivity contribution in [2.45, 2.75) is 64.6 Å². The molecule has 3 saturated heterocycles.